The van der Waals surface area contributed by atoms with Gasteiger partial charge in [0.2, 0.25) is 5.95 Å². The molecule has 26 heavy (non-hydrogen) atoms. The first-order valence-corrected chi connectivity index (χ1v) is 8.62. The van der Waals surface area contributed by atoms with Gasteiger partial charge in [0, 0.05) is 28.0 Å². The van der Waals surface area contributed by atoms with Gasteiger partial charge in [-0.3, -0.25) is 4.79 Å². The van der Waals surface area contributed by atoms with E-state index in [9.17, 15) is 4.79 Å². The molecule has 1 heterocycles. The van der Waals surface area contributed by atoms with Gasteiger partial charge in [0.1, 0.15) is 5.82 Å². The van der Waals surface area contributed by atoms with Crippen LogP contribution in [0, 0.1) is 6.92 Å². The highest BCUT2D eigenvalue weighted by molar-refractivity contribution is 6.36. The van der Waals surface area contributed by atoms with Crippen LogP contribution >= 0.6 is 23.2 Å². The second-order valence-electron chi connectivity index (χ2n) is 5.73. The number of anilines is 4. The SMILES string of the molecule is CC(=O)c1cccc(Nc2nc(C)cc(Nc3ccc(Cl)cc3Cl)n2)c1. The quantitative estimate of drug-likeness (QED) is 0.543. The lowest BCUT2D eigenvalue weighted by Crippen LogP contribution is -2.03. The molecule has 0 saturated heterocycles. The Labute approximate surface area is 161 Å². The van der Waals surface area contributed by atoms with Crippen LogP contribution in [0.2, 0.25) is 10.0 Å². The number of nitrogens with one attached hydrogen (secondary N) is 2. The third-order valence-electron chi connectivity index (χ3n) is 3.57. The molecule has 0 aliphatic heterocycles. The van der Waals surface area contributed by atoms with Crippen LogP contribution in [0.15, 0.2) is 48.5 Å². The third-order valence-corrected chi connectivity index (χ3v) is 4.12. The standard InChI is InChI=1S/C19H16Cl2N4O/c1-11-8-18(24-17-7-6-14(20)10-16(17)21)25-19(22-11)23-15-5-3-4-13(9-15)12(2)26/h3-10H,1-2H3,(H2,22,23,24,25). The van der Waals surface area contributed by atoms with Crippen molar-refractivity contribution in [1.29, 1.82) is 0 Å². The van der Waals surface area contributed by atoms with E-state index in [0.717, 1.165) is 11.4 Å². The molecule has 5 nitrogen and oxygen atoms in total. The molecule has 0 amide bonds. The molecule has 0 aliphatic carbocycles. The normalized spacial score (nSPS) is 10.5. The molecule has 0 aliphatic rings. The van der Waals surface area contributed by atoms with Gasteiger partial charge in [-0.1, -0.05) is 35.3 Å². The van der Waals surface area contributed by atoms with Gasteiger partial charge in [-0.05, 0) is 44.2 Å². The first-order valence-electron chi connectivity index (χ1n) is 7.86. The summed E-state index contributed by atoms with van der Waals surface area (Å²) in [4.78, 5) is 20.4. The molecule has 2 N–H and O–H groups in total. The fourth-order valence-corrected chi connectivity index (χ4v) is 2.82. The van der Waals surface area contributed by atoms with Gasteiger partial charge in [0.15, 0.2) is 5.78 Å². The first kappa shape index (κ1) is 18.2. The summed E-state index contributed by atoms with van der Waals surface area (Å²) in [6.07, 6.45) is 0. The molecule has 7 heteroatoms. The van der Waals surface area contributed by atoms with Crippen molar-refractivity contribution in [2.45, 2.75) is 13.8 Å². The highest BCUT2D eigenvalue weighted by Gasteiger charge is 2.07. The van der Waals surface area contributed by atoms with Gasteiger partial charge < -0.3 is 10.6 Å². The molecule has 0 spiro atoms. The Morgan fingerprint density at radius 2 is 1.81 bits per heavy atom. The number of Topliss-reactive ketones (excluding diaryl/α,β-unsaturated/α-hetero) is 1. The number of ketones is 1. The zero-order valence-electron chi connectivity index (χ0n) is 14.2. The number of benzene rings is 2. The van der Waals surface area contributed by atoms with Crippen LogP contribution in [-0.4, -0.2) is 15.8 Å². The molecule has 132 valence electrons. The monoisotopic (exact) mass is 386 g/mol. The maximum absolute atomic E-state index is 11.5. The van der Waals surface area contributed by atoms with Crippen molar-refractivity contribution >= 4 is 52.1 Å². The van der Waals surface area contributed by atoms with Crippen molar-refractivity contribution in [3.05, 3.63) is 69.8 Å². The number of hydrogen-bond acceptors (Lipinski definition) is 5. The Hall–Kier alpha value is -2.63. The van der Waals surface area contributed by atoms with Crippen molar-refractivity contribution in [3.8, 4) is 0 Å². The van der Waals surface area contributed by atoms with E-state index in [1.807, 2.05) is 25.1 Å². The Morgan fingerprint density at radius 1 is 1.00 bits per heavy atom. The van der Waals surface area contributed by atoms with Crippen LogP contribution in [0.25, 0.3) is 0 Å². The van der Waals surface area contributed by atoms with E-state index in [0.29, 0.717) is 33.1 Å². The van der Waals surface area contributed by atoms with Crippen molar-refractivity contribution in [2.75, 3.05) is 10.6 Å². The van der Waals surface area contributed by atoms with Gasteiger partial charge in [0.25, 0.3) is 0 Å². The lowest BCUT2D eigenvalue weighted by Gasteiger charge is -2.11. The molecule has 3 aromatic rings. The molecule has 0 bridgehead atoms. The average molecular weight is 387 g/mol. The fourth-order valence-electron chi connectivity index (χ4n) is 2.36. The van der Waals surface area contributed by atoms with E-state index in [1.54, 1.807) is 30.3 Å². The molecular formula is C19H16Cl2N4O. The highest BCUT2D eigenvalue weighted by Crippen LogP contribution is 2.28. The van der Waals surface area contributed by atoms with Crippen LogP contribution in [0.3, 0.4) is 0 Å². The Morgan fingerprint density at radius 3 is 2.54 bits per heavy atom. The zero-order chi connectivity index (χ0) is 18.7. The van der Waals surface area contributed by atoms with Crippen LogP contribution in [0.1, 0.15) is 23.0 Å². The first-order chi connectivity index (χ1) is 12.4. The summed E-state index contributed by atoms with van der Waals surface area (Å²) < 4.78 is 0. The predicted molar refractivity (Wildman–Crippen MR) is 106 cm³/mol. The summed E-state index contributed by atoms with van der Waals surface area (Å²) in [5, 5.41) is 7.34. The Kier molecular flexibility index (Phi) is 5.40. The van der Waals surface area contributed by atoms with Crippen LogP contribution in [0.5, 0.6) is 0 Å². The summed E-state index contributed by atoms with van der Waals surface area (Å²) >= 11 is 12.1. The van der Waals surface area contributed by atoms with Gasteiger partial charge in [-0.25, -0.2) is 4.98 Å². The molecule has 2 aromatic carbocycles. The summed E-state index contributed by atoms with van der Waals surface area (Å²) in [5.41, 5.74) is 2.82. The van der Waals surface area contributed by atoms with Crippen LogP contribution in [0.4, 0.5) is 23.1 Å². The summed E-state index contributed by atoms with van der Waals surface area (Å²) in [6.45, 7) is 3.40. The Balaban J connectivity index is 1.85. The van der Waals surface area contributed by atoms with E-state index in [4.69, 9.17) is 23.2 Å². The maximum atomic E-state index is 11.5. The molecule has 0 unspecified atom stereocenters. The number of aromatic nitrogens is 2. The van der Waals surface area contributed by atoms with Gasteiger partial charge >= 0.3 is 0 Å². The van der Waals surface area contributed by atoms with E-state index in [2.05, 4.69) is 20.6 Å². The van der Waals surface area contributed by atoms with Gasteiger partial charge in [-0.2, -0.15) is 4.98 Å². The topological polar surface area (TPSA) is 66.9 Å². The van der Waals surface area contributed by atoms with E-state index in [1.165, 1.54) is 6.92 Å². The average Bonchev–Trinajstić information content (AvgIpc) is 2.57. The lowest BCUT2D eigenvalue weighted by atomic mass is 10.1. The van der Waals surface area contributed by atoms with Crippen molar-refractivity contribution in [2.24, 2.45) is 0 Å². The number of nitrogens with zero attached hydrogens (tertiary/aromatic N) is 2. The molecule has 0 fully saturated rings. The van der Waals surface area contributed by atoms with E-state index in [-0.39, 0.29) is 5.78 Å². The van der Waals surface area contributed by atoms with Crippen molar-refractivity contribution in [1.82, 2.24) is 9.97 Å². The fraction of sp³-hybridized carbons (Fsp3) is 0.105. The minimum Gasteiger partial charge on any atom is -0.339 e. The molecule has 1 aromatic heterocycles. The number of carbonyl (C=O) groups is 1. The smallest absolute Gasteiger partial charge is 0.229 e. The predicted octanol–water partition coefficient (Wildman–Crippen LogP) is 5.78. The highest BCUT2D eigenvalue weighted by atomic mass is 35.5. The van der Waals surface area contributed by atoms with Crippen LogP contribution < -0.4 is 10.6 Å². The molecule has 0 saturated carbocycles. The molecule has 3 rings (SSSR count). The number of carbonyl (C=O) groups excluding carboxylic acids is 1. The summed E-state index contributed by atoms with van der Waals surface area (Å²) in [7, 11) is 0. The summed E-state index contributed by atoms with van der Waals surface area (Å²) in [5.74, 6) is 1.00. The third kappa shape index (κ3) is 4.50. The van der Waals surface area contributed by atoms with Crippen LogP contribution in [-0.2, 0) is 0 Å². The second-order valence-corrected chi connectivity index (χ2v) is 6.57. The minimum atomic E-state index is -0.00135. The van der Waals surface area contributed by atoms with Crippen molar-refractivity contribution < 1.29 is 4.79 Å². The molecule has 0 radical (unpaired) electrons. The number of hydrogen-bond donors (Lipinski definition) is 2. The molecule has 0 atom stereocenters. The lowest BCUT2D eigenvalue weighted by molar-refractivity contribution is 0.101. The van der Waals surface area contributed by atoms with Gasteiger partial charge in [-0.15, -0.1) is 0 Å². The number of halogens is 2. The molecular weight excluding hydrogens is 371 g/mol. The minimum absolute atomic E-state index is 0.00135. The second kappa shape index (κ2) is 7.72. The zero-order valence-corrected chi connectivity index (χ0v) is 15.7. The number of aryl methyl sites for hydroxylation is 1. The largest absolute Gasteiger partial charge is 0.339 e. The van der Waals surface area contributed by atoms with Crippen molar-refractivity contribution in [3.63, 3.8) is 0 Å². The van der Waals surface area contributed by atoms with Gasteiger partial charge in [0.05, 0.1) is 10.7 Å². The number of rotatable bonds is 5. The van der Waals surface area contributed by atoms with E-state index < -0.39 is 0 Å². The summed E-state index contributed by atoms with van der Waals surface area (Å²) in [6, 6.07) is 14.2. The Bertz CT molecular complexity index is 976. The van der Waals surface area contributed by atoms with E-state index >= 15 is 0 Å². The maximum Gasteiger partial charge on any atom is 0.229 e.